The van der Waals surface area contributed by atoms with E-state index in [1.807, 2.05) is 45.9 Å². The van der Waals surface area contributed by atoms with Crippen molar-refractivity contribution < 1.29 is 4.79 Å². The van der Waals surface area contributed by atoms with Gasteiger partial charge in [-0.1, -0.05) is 48.5 Å². The third-order valence-corrected chi connectivity index (χ3v) is 5.53. The number of H-pyrrole nitrogens is 1. The first kappa shape index (κ1) is 18.7. The summed E-state index contributed by atoms with van der Waals surface area (Å²) in [5, 5.41) is 0. The maximum absolute atomic E-state index is 13.1. The molecular formula is C22H24N4OS. The summed E-state index contributed by atoms with van der Waals surface area (Å²) < 4.78 is 2.36. The number of benzene rings is 2. The molecule has 144 valence electrons. The van der Waals surface area contributed by atoms with E-state index in [2.05, 4.69) is 34.1 Å². The molecule has 0 atom stereocenters. The first-order valence-electron chi connectivity index (χ1n) is 9.64. The van der Waals surface area contributed by atoms with Crippen LogP contribution >= 0.6 is 12.2 Å². The summed E-state index contributed by atoms with van der Waals surface area (Å²) in [5.41, 5.74) is 2.85. The summed E-state index contributed by atoms with van der Waals surface area (Å²) in [6.07, 6.45) is 2.76. The standard InChI is InChI=1S/C22H24N4OS/c27-21(20-17-23-22(28)26(20)19-9-5-2-6-10-19)25-15-13-24(14-16-25)12-11-18-7-3-1-4-8-18/h1-10,17H,11-16H2,(H,23,28). The van der Waals surface area contributed by atoms with E-state index in [1.165, 1.54) is 5.56 Å². The molecule has 0 saturated carbocycles. The van der Waals surface area contributed by atoms with Crippen LogP contribution in [-0.4, -0.2) is 58.0 Å². The van der Waals surface area contributed by atoms with Crippen molar-refractivity contribution in [3.8, 4) is 5.69 Å². The van der Waals surface area contributed by atoms with E-state index in [9.17, 15) is 4.79 Å². The number of carbonyl (C=O) groups is 1. The molecule has 0 radical (unpaired) electrons. The van der Waals surface area contributed by atoms with E-state index in [1.54, 1.807) is 6.20 Å². The summed E-state index contributed by atoms with van der Waals surface area (Å²) in [4.78, 5) is 20.5. The van der Waals surface area contributed by atoms with Gasteiger partial charge in [-0.3, -0.25) is 14.3 Å². The van der Waals surface area contributed by atoms with Gasteiger partial charge in [0.2, 0.25) is 0 Å². The Bertz CT molecular complexity index is 973. The Morgan fingerprint density at radius 1 is 0.929 bits per heavy atom. The van der Waals surface area contributed by atoms with Gasteiger partial charge in [-0.05, 0) is 36.3 Å². The SMILES string of the molecule is O=C(c1c[nH]c(=S)n1-c1ccccc1)N1CCN(CCc2ccccc2)CC1. The second-order valence-corrected chi connectivity index (χ2v) is 7.41. The minimum atomic E-state index is 0.0268. The Labute approximate surface area is 170 Å². The number of hydrogen-bond donors (Lipinski definition) is 1. The normalized spacial score (nSPS) is 14.9. The molecule has 0 bridgehead atoms. The predicted molar refractivity (Wildman–Crippen MR) is 113 cm³/mol. The maximum atomic E-state index is 13.1. The smallest absolute Gasteiger partial charge is 0.272 e. The van der Waals surface area contributed by atoms with Gasteiger partial charge in [-0.2, -0.15) is 0 Å². The van der Waals surface area contributed by atoms with E-state index in [0.29, 0.717) is 10.5 Å². The summed E-state index contributed by atoms with van der Waals surface area (Å²) in [6, 6.07) is 20.3. The van der Waals surface area contributed by atoms with Crippen molar-refractivity contribution in [2.24, 2.45) is 0 Å². The molecule has 1 aliphatic heterocycles. The number of nitrogens with zero attached hydrogens (tertiary/aromatic N) is 3. The lowest BCUT2D eigenvalue weighted by atomic mass is 10.1. The molecule has 0 aliphatic carbocycles. The number of carbonyl (C=O) groups excluding carboxylic acids is 1. The largest absolute Gasteiger partial charge is 0.336 e. The zero-order chi connectivity index (χ0) is 19.3. The summed E-state index contributed by atoms with van der Waals surface area (Å²) in [6.45, 7) is 4.29. The average Bonchev–Trinajstić information content (AvgIpc) is 3.15. The second kappa shape index (κ2) is 8.54. The van der Waals surface area contributed by atoms with Gasteiger partial charge >= 0.3 is 0 Å². The molecule has 5 nitrogen and oxygen atoms in total. The van der Waals surface area contributed by atoms with Crippen molar-refractivity contribution >= 4 is 18.1 Å². The number of aromatic amines is 1. The van der Waals surface area contributed by atoms with Gasteiger partial charge in [-0.15, -0.1) is 0 Å². The van der Waals surface area contributed by atoms with Crippen molar-refractivity contribution in [1.29, 1.82) is 0 Å². The lowest BCUT2D eigenvalue weighted by molar-refractivity contribution is 0.0630. The van der Waals surface area contributed by atoms with Crippen molar-refractivity contribution in [2.45, 2.75) is 6.42 Å². The van der Waals surface area contributed by atoms with Gasteiger partial charge in [0.05, 0.1) is 0 Å². The monoisotopic (exact) mass is 392 g/mol. The molecule has 1 N–H and O–H groups in total. The van der Waals surface area contributed by atoms with Crippen LogP contribution in [0.1, 0.15) is 16.1 Å². The average molecular weight is 393 g/mol. The number of aromatic nitrogens is 2. The Morgan fingerprint density at radius 2 is 1.57 bits per heavy atom. The number of para-hydroxylation sites is 1. The topological polar surface area (TPSA) is 44.3 Å². The van der Waals surface area contributed by atoms with Gasteiger partial charge in [-0.25, -0.2) is 0 Å². The number of imidazole rings is 1. The van der Waals surface area contributed by atoms with Crippen LogP contribution in [0.5, 0.6) is 0 Å². The molecule has 1 saturated heterocycles. The number of hydrogen-bond acceptors (Lipinski definition) is 3. The highest BCUT2D eigenvalue weighted by atomic mass is 32.1. The van der Waals surface area contributed by atoms with Gasteiger partial charge in [0, 0.05) is 44.6 Å². The number of amides is 1. The van der Waals surface area contributed by atoms with Crippen LogP contribution in [0.4, 0.5) is 0 Å². The fraction of sp³-hybridized carbons (Fsp3) is 0.273. The molecule has 2 heterocycles. The molecule has 4 rings (SSSR count). The van der Waals surface area contributed by atoms with Crippen LogP contribution in [-0.2, 0) is 6.42 Å². The quantitative estimate of drug-likeness (QED) is 0.676. The summed E-state index contributed by atoms with van der Waals surface area (Å²) >= 11 is 5.40. The van der Waals surface area contributed by atoms with Gasteiger partial charge in [0.1, 0.15) is 5.69 Å². The van der Waals surface area contributed by atoms with E-state index >= 15 is 0 Å². The lowest BCUT2D eigenvalue weighted by Gasteiger charge is -2.34. The van der Waals surface area contributed by atoms with E-state index < -0.39 is 0 Å². The zero-order valence-corrected chi connectivity index (χ0v) is 16.6. The fourth-order valence-electron chi connectivity index (χ4n) is 3.63. The highest BCUT2D eigenvalue weighted by Crippen LogP contribution is 2.16. The lowest BCUT2D eigenvalue weighted by Crippen LogP contribution is -2.49. The Kier molecular flexibility index (Phi) is 5.69. The molecule has 28 heavy (non-hydrogen) atoms. The second-order valence-electron chi connectivity index (χ2n) is 7.02. The van der Waals surface area contributed by atoms with Gasteiger partial charge in [0.25, 0.3) is 5.91 Å². The van der Waals surface area contributed by atoms with Crippen LogP contribution in [0, 0.1) is 4.77 Å². The minimum absolute atomic E-state index is 0.0268. The Morgan fingerprint density at radius 3 is 2.25 bits per heavy atom. The van der Waals surface area contributed by atoms with Gasteiger partial charge < -0.3 is 9.88 Å². The van der Waals surface area contributed by atoms with Crippen LogP contribution in [0.2, 0.25) is 0 Å². The van der Waals surface area contributed by atoms with E-state index in [-0.39, 0.29) is 5.91 Å². The van der Waals surface area contributed by atoms with Crippen molar-refractivity contribution in [1.82, 2.24) is 19.4 Å². The molecule has 1 aliphatic rings. The summed E-state index contributed by atoms with van der Waals surface area (Å²) in [7, 11) is 0. The van der Waals surface area contributed by atoms with Crippen LogP contribution in [0.3, 0.4) is 0 Å². The zero-order valence-electron chi connectivity index (χ0n) is 15.8. The maximum Gasteiger partial charge on any atom is 0.272 e. The molecule has 0 spiro atoms. The number of piperazine rings is 1. The number of nitrogens with one attached hydrogen (secondary N) is 1. The summed E-state index contributed by atoms with van der Waals surface area (Å²) in [5.74, 6) is 0.0268. The molecule has 0 unspecified atom stereocenters. The molecular weight excluding hydrogens is 368 g/mol. The predicted octanol–water partition coefficient (Wildman–Crippen LogP) is 3.54. The molecule has 6 heteroatoms. The van der Waals surface area contributed by atoms with Crippen LogP contribution in [0.25, 0.3) is 5.69 Å². The van der Waals surface area contributed by atoms with E-state index in [4.69, 9.17) is 12.2 Å². The fourth-order valence-corrected chi connectivity index (χ4v) is 3.89. The van der Waals surface area contributed by atoms with E-state index in [0.717, 1.165) is 44.8 Å². The van der Waals surface area contributed by atoms with Crippen LogP contribution < -0.4 is 0 Å². The van der Waals surface area contributed by atoms with Crippen molar-refractivity contribution in [2.75, 3.05) is 32.7 Å². The molecule has 3 aromatic rings. The first-order valence-corrected chi connectivity index (χ1v) is 10.0. The molecule has 1 aromatic heterocycles. The third kappa shape index (κ3) is 4.08. The third-order valence-electron chi connectivity index (χ3n) is 5.23. The van der Waals surface area contributed by atoms with Crippen molar-refractivity contribution in [3.05, 3.63) is 82.9 Å². The molecule has 1 amide bonds. The highest BCUT2D eigenvalue weighted by molar-refractivity contribution is 7.71. The van der Waals surface area contributed by atoms with Crippen LogP contribution in [0.15, 0.2) is 66.9 Å². The minimum Gasteiger partial charge on any atom is -0.336 e. The Hall–Kier alpha value is -2.70. The Balaban J connectivity index is 1.39. The highest BCUT2D eigenvalue weighted by Gasteiger charge is 2.25. The first-order chi connectivity index (χ1) is 13.7. The molecule has 2 aromatic carbocycles. The van der Waals surface area contributed by atoms with Gasteiger partial charge in [0.15, 0.2) is 4.77 Å². The van der Waals surface area contributed by atoms with Crippen molar-refractivity contribution in [3.63, 3.8) is 0 Å². The number of rotatable bonds is 5. The molecule has 1 fully saturated rings.